The molecule has 16 heavy (non-hydrogen) atoms. The van der Waals surface area contributed by atoms with E-state index in [2.05, 4.69) is 26.0 Å². The quantitative estimate of drug-likeness (QED) is 0.589. The van der Waals surface area contributed by atoms with Gasteiger partial charge in [0.05, 0.1) is 12.1 Å². The van der Waals surface area contributed by atoms with Crippen molar-refractivity contribution >= 4 is 6.09 Å². The van der Waals surface area contributed by atoms with Gasteiger partial charge < -0.3 is 4.74 Å². The Bertz CT molecular complexity index is 365. The van der Waals surface area contributed by atoms with Gasteiger partial charge in [0.1, 0.15) is 5.60 Å². The van der Waals surface area contributed by atoms with Gasteiger partial charge in [-0.2, -0.15) is 0 Å². The van der Waals surface area contributed by atoms with E-state index in [1.165, 1.54) is 11.1 Å². The number of hydrogen-bond donors (Lipinski definition) is 0. The molecule has 0 radical (unpaired) electrons. The molecule has 0 aromatic carbocycles. The number of fused-ring (bicyclic) bond motifs is 2. The fraction of sp³-hybridized carbons (Fsp3) is 0.615. The molecule has 2 aliphatic rings. The number of rotatable bonds is 0. The molecule has 2 rings (SSSR count). The summed E-state index contributed by atoms with van der Waals surface area (Å²) in [5.41, 5.74) is 2.12. The Labute approximate surface area is 96.8 Å². The smallest absolute Gasteiger partial charge is 0.411 e. The third kappa shape index (κ3) is 1.64. The second kappa shape index (κ2) is 3.37. The van der Waals surface area contributed by atoms with Crippen molar-refractivity contribution in [2.45, 2.75) is 52.3 Å². The second-order valence-electron chi connectivity index (χ2n) is 5.53. The number of hydrogen-bond acceptors (Lipinski definition) is 2. The summed E-state index contributed by atoms with van der Waals surface area (Å²) in [6.07, 6.45) is 3.94. The number of carbonyl (C=O) groups is 1. The van der Waals surface area contributed by atoms with E-state index in [0.29, 0.717) is 0 Å². The van der Waals surface area contributed by atoms with Crippen molar-refractivity contribution in [3.63, 3.8) is 0 Å². The number of ether oxygens (including phenoxy) is 1. The Morgan fingerprint density at radius 3 is 2.00 bits per heavy atom. The largest absolute Gasteiger partial charge is 0.444 e. The van der Waals surface area contributed by atoms with Crippen molar-refractivity contribution in [3.05, 3.63) is 23.3 Å². The van der Waals surface area contributed by atoms with Crippen LogP contribution in [0, 0.1) is 0 Å². The zero-order valence-electron chi connectivity index (χ0n) is 10.6. The molecule has 0 saturated heterocycles. The van der Waals surface area contributed by atoms with Gasteiger partial charge in [0.2, 0.25) is 0 Å². The molecule has 0 aromatic rings. The third-order valence-corrected chi connectivity index (χ3v) is 3.19. The first-order valence-electron chi connectivity index (χ1n) is 5.68. The lowest BCUT2D eigenvalue weighted by Crippen LogP contribution is -2.41. The standard InChI is InChI=1S/C13H19NO2/c1-8-9(2)11-7-6-10(8)14(11)12(15)16-13(3,4)5/h6-7,10-11H,1-5H3. The van der Waals surface area contributed by atoms with Crippen LogP contribution in [0.15, 0.2) is 23.3 Å². The highest BCUT2D eigenvalue weighted by Gasteiger charge is 2.43. The summed E-state index contributed by atoms with van der Waals surface area (Å²) in [5.74, 6) is 0. The molecule has 0 fully saturated rings. The maximum absolute atomic E-state index is 12.0. The van der Waals surface area contributed by atoms with Crippen molar-refractivity contribution in [1.29, 1.82) is 0 Å². The Morgan fingerprint density at radius 2 is 1.62 bits per heavy atom. The third-order valence-electron chi connectivity index (χ3n) is 3.19. The van der Waals surface area contributed by atoms with Crippen LogP contribution in [0.2, 0.25) is 0 Å². The van der Waals surface area contributed by atoms with Gasteiger partial charge in [0.15, 0.2) is 0 Å². The van der Waals surface area contributed by atoms with Gasteiger partial charge in [-0.3, -0.25) is 4.90 Å². The predicted molar refractivity (Wildman–Crippen MR) is 63.2 cm³/mol. The molecule has 0 saturated carbocycles. The summed E-state index contributed by atoms with van der Waals surface area (Å²) in [7, 11) is 0. The van der Waals surface area contributed by atoms with E-state index in [-0.39, 0.29) is 18.2 Å². The van der Waals surface area contributed by atoms with E-state index >= 15 is 0 Å². The first kappa shape index (κ1) is 11.2. The fourth-order valence-electron chi connectivity index (χ4n) is 2.28. The molecule has 1 amide bonds. The van der Waals surface area contributed by atoms with E-state index in [1.807, 2.05) is 25.7 Å². The minimum Gasteiger partial charge on any atom is -0.444 e. The lowest BCUT2D eigenvalue weighted by atomic mass is 10.0. The van der Waals surface area contributed by atoms with Crippen molar-refractivity contribution in [2.24, 2.45) is 0 Å². The summed E-state index contributed by atoms with van der Waals surface area (Å²) in [4.78, 5) is 13.9. The van der Waals surface area contributed by atoms with Crippen LogP contribution in [-0.2, 0) is 4.74 Å². The Morgan fingerprint density at radius 1 is 1.19 bits per heavy atom. The topological polar surface area (TPSA) is 29.5 Å². The molecule has 0 N–H and O–H groups in total. The molecule has 3 heteroatoms. The van der Waals surface area contributed by atoms with Crippen molar-refractivity contribution in [3.8, 4) is 0 Å². The second-order valence-corrected chi connectivity index (χ2v) is 5.53. The number of carbonyl (C=O) groups excluding carboxylic acids is 1. The maximum Gasteiger partial charge on any atom is 0.411 e. The zero-order valence-corrected chi connectivity index (χ0v) is 10.6. The zero-order chi connectivity index (χ0) is 12.1. The minimum absolute atomic E-state index is 0.111. The van der Waals surface area contributed by atoms with Crippen LogP contribution in [0.25, 0.3) is 0 Å². The van der Waals surface area contributed by atoms with E-state index in [9.17, 15) is 4.79 Å². The highest BCUT2D eigenvalue weighted by atomic mass is 16.6. The van der Waals surface area contributed by atoms with Gasteiger partial charge in [-0.25, -0.2) is 4.79 Å². The lowest BCUT2D eigenvalue weighted by Gasteiger charge is -2.28. The van der Waals surface area contributed by atoms with Crippen LogP contribution in [0.3, 0.4) is 0 Å². The van der Waals surface area contributed by atoms with Gasteiger partial charge >= 0.3 is 6.09 Å². The van der Waals surface area contributed by atoms with Gasteiger partial charge in [-0.05, 0) is 45.8 Å². The summed E-state index contributed by atoms with van der Waals surface area (Å²) in [6.45, 7) is 9.85. The average Bonchev–Trinajstić information content (AvgIpc) is 2.63. The molecule has 2 atom stereocenters. The van der Waals surface area contributed by atoms with E-state index in [1.54, 1.807) is 0 Å². The number of amides is 1. The SMILES string of the molecule is CC1=C(C)C2C=CC1N2C(=O)OC(C)(C)C. The molecule has 2 aliphatic heterocycles. The summed E-state index contributed by atoms with van der Waals surface area (Å²) < 4.78 is 5.42. The van der Waals surface area contributed by atoms with E-state index in [4.69, 9.17) is 4.74 Å². The fourth-order valence-corrected chi connectivity index (χ4v) is 2.28. The molecule has 0 aliphatic carbocycles. The van der Waals surface area contributed by atoms with Gasteiger partial charge in [-0.1, -0.05) is 12.2 Å². The van der Waals surface area contributed by atoms with Gasteiger partial charge in [0, 0.05) is 0 Å². The maximum atomic E-state index is 12.0. The van der Waals surface area contributed by atoms with Gasteiger partial charge in [0.25, 0.3) is 0 Å². The van der Waals surface area contributed by atoms with Crippen LogP contribution in [0.5, 0.6) is 0 Å². The average molecular weight is 221 g/mol. The summed E-state index contributed by atoms with van der Waals surface area (Å²) in [5, 5.41) is 0. The highest BCUT2D eigenvalue weighted by molar-refractivity contribution is 5.74. The normalized spacial score (nSPS) is 27.9. The Kier molecular flexibility index (Phi) is 2.37. The number of nitrogens with zero attached hydrogens (tertiary/aromatic N) is 1. The first-order valence-corrected chi connectivity index (χ1v) is 5.68. The molecule has 0 aromatic heterocycles. The molecule has 2 bridgehead atoms. The van der Waals surface area contributed by atoms with Crippen molar-refractivity contribution in [2.75, 3.05) is 0 Å². The first-order chi connectivity index (χ1) is 7.31. The van der Waals surface area contributed by atoms with Crippen LogP contribution in [-0.4, -0.2) is 28.7 Å². The monoisotopic (exact) mass is 221 g/mol. The molecule has 3 nitrogen and oxygen atoms in total. The lowest BCUT2D eigenvalue weighted by molar-refractivity contribution is 0.0239. The van der Waals surface area contributed by atoms with Crippen molar-refractivity contribution < 1.29 is 9.53 Å². The molecule has 2 heterocycles. The summed E-state index contributed by atoms with van der Waals surface area (Å²) >= 11 is 0. The highest BCUT2D eigenvalue weighted by Crippen LogP contribution is 2.37. The minimum atomic E-state index is -0.430. The molecule has 2 unspecified atom stereocenters. The van der Waals surface area contributed by atoms with Gasteiger partial charge in [-0.15, -0.1) is 0 Å². The van der Waals surface area contributed by atoms with Crippen LogP contribution >= 0.6 is 0 Å². The van der Waals surface area contributed by atoms with Crippen LogP contribution < -0.4 is 0 Å². The molecular formula is C13H19NO2. The molecule has 88 valence electrons. The summed E-state index contributed by atoms with van der Waals surface area (Å²) in [6, 6.07) is 0.222. The Hall–Kier alpha value is -1.25. The molecular weight excluding hydrogens is 202 g/mol. The Balaban J connectivity index is 2.14. The predicted octanol–water partition coefficient (Wildman–Crippen LogP) is 2.88. The van der Waals surface area contributed by atoms with Crippen LogP contribution in [0.1, 0.15) is 34.6 Å². The van der Waals surface area contributed by atoms with Crippen molar-refractivity contribution in [1.82, 2.24) is 4.90 Å². The van der Waals surface area contributed by atoms with E-state index < -0.39 is 5.60 Å². The van der Waals surface area contributed by atoms with E-state index in [0.717, 1.165) is 0 Å². The molecule has 0 spiro atoms. The van der Waals surface area contributed by atoms with Crippen LogP contribution in [0.4, 0.5) is 4.79 Å².